The maximum absolute atomic E-state index is 3.63. The Labute approximate surface area is 119 Å². The molecule has 0 aromatic rings. The third-order valence-corrected chi connectivity index (χ3v) is 4.63. The predicted molar refractivity (Wildman–Crippen MR) is 81.6 cm³/mol. The van der Waals surface area contributed by atoms with Gasteiger partial charge in [-0.2, -0.15) is 0 Å². The van der Waals surface area contributed by atoms with Gasteiger partial charge in [-0.1, -0.05) is 0 Å². The molecule has 2 atom stereocenters. The summed E-state index contributed by atoms with van der Waals surface area (Å²) >= 11 is 0. The topological polar surface area (TPSA) is 21.8 Å². The van der Waals surface area contributed by atoms with E-state index in [0.717, 1.165) is 12.5 Å². The highest BCUT2D eigenvalue weighted by Crippen LogP contribution is 2.18. The van der Waals surface area contributed by atoms with E-state index in [1.807, 2.05) is 0 Å². The molecule has 0 amide bonds. The van der Waals surface area contributed by atoms with Gasteiger partial charge in [0.2, 0.25) is 0 Å². The second-order valence-electron chi connectivity index (χ2n) is 6.73. The van der Waals surface area contributed by atoms with Gasteiger partial charge >= 0.3 is 0 Å². The fourth-order valence-corrected chi connectivity index (χ4v) is 3.49. The summed E-state index contributed by atoms with van der Waals surface area (Å²) in [5, 5.41) is 3.63. The highest BCUT2D eigenvalue weighted by molar-refractivity contribution is 4.79. The van der Waals surface area contributed by atoms with Crippen molar-refractivity contribution in [3.63, 3.8) is 0 Å². The van der Waals surface area contributed by atoms with E-state index >= 15 is 0 Å². The Balaban J connectivity index is 1.62. The zero-order valence-corrected chi connectivity index (χ0v) is 13.1. The van der Waals surface area contributed by atoms with Crippen molar-refractivity contribution in [3.8, 4) is 0 Å². The average Bonchev–Trinajstić information content (AvgIpc) is 2.36. The number of piperazine rings is 1. The standard InChI is InChI=1S/C15H32N4/c1-17-8-4-5-14(11-17)6-9-18(2)12-15-13-19(3)10-7-16-15/h14-16H,4-13H2,1-3H3. The molecular weight excluding hydrogens is 236 g/mol. The first-order chi connectivity index (χ1) is 9.13. The molecule has 0 aromatic heterocycles. The number of likely N-dealkylation sites (N-methyl/N-ethyl adjacent to an activating group) is 2. The first-order valence-electron chi connectivity index (χ1n) is 7.92. The number of nitrogens with one attached hydrogen (secondary N) is 1. The third kappa shape index (κ3) is 5.38. The molecule has 2 fully saturated rings. The van der Waals surface area contributed by atoms with Crippen LogP contribution in [-0.2, 0) is 0 Å². The Morgan fingerprint density at radius 3 is 2.68 bits per heavy atom. The quantitative estimate of drug-likeness (QED) is 0.786. The summed E-state index contributed by atoms with van der Waals surface area (Å²) < 4.78 is 0. The van der Waals surface area contributed by atoms with Gasteiger partial charge in [-0.3, -0.25) is 0 Å². The van der Waals surface area contributed by atoms with E-state index in [0.29, 0.717) is 6.04 Å². The van der Waals surface area contributed by atoms with Crippen molar-refractivity contribution in [1.29, 1.82) is 0 Å². The normalized spacial score (nSPS) is 30.9. The maximum Gasteiger partial charge on any atom is 0.0322 e. The van der Waals surface area contributed by atoms with Crippen LogP contribution in [0.15, 0.2) is 0 Å². The predicted octanol–water partition coefficient (Wildman–Crippen LogP) is 0.554. The van der Waals surface area contributed by atoms with E-state index in [1.54, 1.807) is 0 Å². The van der Waals surface area contributed by atoms with Crippen LogP contribution in [0.3, 0.4) is 0 Å². The maximum atomic E-state index is 3.63. The van der Waals surface area contributed by atoms with E-state index in [1.165, 1.54) is 58.5 Å². The summed E-state index contributed by atoms with van der Waals surface area (Å²) in [5.41, 5.74) is 0. The van der Waals surface area contributed by atoms with Crippen molar-refractivity contribution in [2.24, 2.45) is 5.92 Å². The molecule has 2 rings (SSSR count). The van der Waals surface area contributed by atoms with Gasteiger partial charge in [-0.25, -0.2) is 0 Å². The molecule has 112 valence electrons. The van der Waals surface area contributed by atoms with Crippen molar-refractivity contribution >= 4 is 0 Å². The highest BCUT2D eigenvalue weighted by Gasteiger charge is 2.20. The van der Waals surface area contributed by atoms with Gasteiger partial charge in [0, 0.05) is 38.8 Å². The minimum absolute atomic E-state index is 0.651. The van der Waals surface area contributed by atoms with E-state index in [-0.39, 0.29) is 0 Å². The van der Waals surface area contributed by atoms with Crippen molar-refractivity contribution in [2.45, 2.75) is 25.3 Å². The number of nitrogens with zero attached hydrogens (tertiary/aromatic N) is 3. The van der Waals surface area contributed by atoms with E-state index in [4.69, 9.17) is 0 Å². The number of rotatable bonds is 5. The molecule has 2 saturated heterocycles. The zero-order chi connectivity index (χ0) is 13.7. The molecule has 0 aromatic carbocycles. The van der Waals surface area contributed by atoms with Crippen LogP contribution in [0.4, 0.5) is 0 Å². The summed E-state index contributed by atoms with van der Waals surface area (Å²) in [7, 11) is 6.77. The molecule has 2 aliphatic rings. The summed E-state index contributed by atoms with van der Waals surface area (Å²) in [6.45, 7) is 8.56. The lowest BCUT2D eigenvalue weighted by atomic mass is 9.95. The molecular formula is C15H32N4. The number of likely N-dealkylation sites (tertiary alicyclic amines) is 1. The molecule has 0 spiro atoms. The van der Waals surface area contributed by atoms with Gasteiger partial charge in [0.1, 0.15) is 0 Å². The lowest BCUT2D eigenvalue weighted by Crippen LogP contribution is -2.53. The molecule has 0 aliphatic carbocycles. The summed E-state index contributed by atoms with van der Waals surface area (Å²) in [5.74, 6) is 0.920. The fourth-order valence-electron chi connectivity index (χ4n) is 3.49. The Morgan fingerprint density at radius 1 is 1.16 bits per heavy atom. The van der Waals surface area contributed by atoms with Crippen LogP contribution >= 0.6 is 0 Å². The van der Waals surface area contributed by atoms with Crippen molar-refractivity contribution in [1.82, 2.24) is 20.0 Å². The van der Waals surface area contributed by atoms with Crippen LogP contribution in [0.1, 0.15) is 19.3 Å². The Bertz CT molecular complexity index is 259. The summed E-state index contributed by atoms with van der Waals surface area (Å²) in [4.78, 5) is 7.45. The molecule has 2 heterocycles. The van der Waals surface area contributed by atoms with Crippen molar-refractivity contribution < 1.29 is 0 Å². The number of piperidine rings is 1. The first-order valence-corrected chi connectivity index (χ1v) is 7.92. The SMILES string of the molecule is CN1CCCC(CCN(C)CC2CN(C)CCN2)C1. The van der Waals surface area contributed by atoms with Crippen molar-refractivity contribution in [2.75, 3.05) is 67.0 Å². The molecule has 0 radical (unpaired) electrons. The minimum atomic E-state index is 0.651. The molecule has 4 nitrogen and oxygen atoms in total. The lowest BCUT2D eigenvalue weighted by Gasteiger charge is -2.34. The van der Waals surface area contributed by atoms with Crippen LogP contribution in [0.5, 0.6) is 0 Å². The molecule has 1 N–H and O–H groups in total. The first kappa shape index (κ1) is 15.2. The highest BCUT2D eigenvalue weighted by atomic mass is 15.2. The molecule has 4 heteroatoms. The zero-order valence-electron chi connectivity index (χ0n) is 13.1. The smallest absolute Gasteiger partial charge is 0.0322 e. The second-order valence-corrected chi connectivity index (χ2v) is 6.73. The van der Waals surface area contributed by atoms with Gasteiger partial charge in [0.15, 0.2) is 0 Å². The molecule has 2 unspecified atom stereocenters. The second kappa shape index (κ2) is 7.58. The number of hydrogen-bond donors (Lipinski definition) is 1. The Kier molecular flexibility index (Phi) is 6.07. The van der Waals surface area contributed by atoms with Gasteiger partial charge in [-0.05, 0) is 59.4 Å². The van der Waals surface area contributed by atoms with Crippen LogP contribution in [0.25, 0.3) is 0 Å². The largest absolute Gasteiger partial charge is 0.310 e. The molecule has 0 bridgehead atoms. The minimum Gasteiger partial charge on any atom is -0.310 e. The average molecular weight is 268 g/mol. The Morgan fingerprint density at radius 2 is 1.95 bits per heavy atom. The van der Waals surface area contributed by atoms with E-state index in [2.05, 4.69) is 41.2 Å². The lowest BCUT2D eigenvalue weighted by molar-refractivity contribution is 0.167. The van der Waals surface area contributed by atoms with Crippen LogP contribution in [-0.4, -0.2) is 87.7 Å². The fraction of sp³-hybridized carbons (Fsp3) is 1.00. The monoisotopic (exact) mass is 268 g/mol. The van der Waals surface area contributed by atoms with Gasteiger partial charge in [0.05, 0.1) is 0 Å². The van der Waals surface area contributed by atoms with Crippen molar-refractivity contribution in [3.05, 3.63) is 0 Å². The van der Waals surface area contributed by atoms with Gasteiger partial charge in [-0.15, -0.1) is 0 Å². The third-order valence-electron chi connectivity index (χ3n) is 4.63. The Hall–Kier alpha value is -0.160. The van der Waals surface area contributed by atoms with Gasteiger partial charge < -0.3 is 20.0 Å². The molecule has 2 aliphatic heterocycles. The van der Waals surface area contributed by atoms with Crippen LogP contribution in [0, 0.1) is 5.92 Å². The van der Waals surface area contributed by atoms with Crippen LogP contribution in [0.2, 0.25) is 0 Å². The van der Waals surface area contributed by atoms with E-state index in [9.17, 15) is 0 Å². The van der Waals surface area contributed by atoms with Crippen LogP contribution < -0.4 is 5.32 Å². The summed E-state index contributed by atoms with van der Waals surface area (Å²) in [6, 6.07) is 0.651. The van der Waals surface area contributed by atoms with Gasteiger partial charge in [0.25, 0.3) is 0 Å². The molecule has 0 saturated carbocycles. The summed E-state index contributed by atoms with van der Waals surface area (Å²) in [6.07, 6.45) is 4.19. The van der Waals surface area contributed by atoms with E-state index < -0.39 is 0 Å². The number of hydrogen-bond acceptors (Lipinski definition) is 4. The molecule has 19 heavy (non-hydrogen) atoms.